The number of para-hydroxylation sites is 1. The number of aromatic nitrogens is 3. The number of hydrogen-bond acceptors (Lipinski definition) is 4. The lowest BCUT2D eigenvalue weighted by Crippen LogP contribution is -2.32. The Balaban J connectivity index is 1.64. The van der Waals surface area contributed by atoms with Gasteiger partial charge in [-0.15, -0.1) is 0 Å². The van der Waals surface area contributed by atoms with Gasteiger partial charge in [-0.3, -0.25) is 0 Å². The van der Waals surface area contributed by atoms with E-state index >= 15 is 0 Å². The van der Waals surface area contributed by atoms with Gasteiger partial charge >= 0.3 is 0 Å². The van der Waals surface area contributed by atoms with Gasteiger partial charge in [0.1, 0.15) is 18.1 Å². The van der Waals surface area contributed by atoms with Gasteiger partial charge in [-0.25, -0.2) is 4.68 Å². The molecule has 3 heterocycles. The standard InChI is InChI=1S/C24H15Cl3N4O/c25-14-7-5-13(6-8-14)22-20-21(30-24-28-12-29-31(22)24)17-3-1-2-4-19(17)32-23(20)16-10-9-15(26)11-18(16)27/h1-12,22-23H,(H,28,29,30)/t22-,23-/m1/s1. The van der Waals surface area contributed by atoms with Gasteiger partial charge < -0.3 is 10.1 Å². The molecular formula is C24H15Cl3N4O. The number of benzene rings is 3. The number of ether oxygens (including phenoxy) is 1. The minimum atomic E-state index is -0.463. The molecule has 0 saturated carbocycles. The van der Waals surface area contributed by atoms with E-state index in [2.05, 4.69) is 15.4 Å². The Hall–Kier alpha value is -2.99. The van der Waals surface area contributed by atoms with E-state index in [1.54, 1.807) is 12.4 Å². The van der Waals surface area contributed by atoms with Crippen molar-refractivity contribution in [1.29, 1.82) is 0 Å². The maximum Gasteiger partial charge on any atom is 0.226 e. The lowest BCUT2D eigenvalue weighted by atomic mass is 9.84. The highest BCUT2D eigenvalue weighted by atomic mass is 35.5. The molecule has 1 N–H and O–H groups in total. The molecule has 0 spiro atoms. The molecular weight excluding hydrogens is 467 g/mol. The zero-order valence-electron chi connectivity index (χ0n) is 16.5. The second-order valence-electron chi connectivity index (χ2n) is 7.60. The van der Waals surface area contributed by atoms with E-state index in [4.69, 9.17) is 39.5 Å². The SMILES string of the molecule is Clc1ccc([C@@H]2C3=C(Nc4ncnn42)c2ccccc2O[C@@H]3c2ccc(Cl)cc2Cl)cc1. The highest BCUT2D eigenvalue weighted by Crippen LogP contribution is 2.51. The molecule has 0 amide bonds. The summed E-state index contributed by atoms with van der Waals surface area (Å²) in [4.78, 5) is 4.44. The first kappa shape index (κ1) is 19.7. The van der Waals surface area contributed by atoms with Crippen LogP contribution in [-0.2, 0) is 0 Å². The van der Waals surface area contributed by atoms with E-state index in [9.17, 15) is 0 Å². The van der Waals surface area contributed by atoms with Gasteiger partial charge in [0.25, 0.3) is 0 Å². The van der Waals surface area contributed by atoms with Crippen LogP contribution in [0.3, 0.4) is 0 Å². The molecule has 2 aliphatic heterocycles. The van der Waals surface area contributed by atoms with Crippen LogP contribution >= 0.6 is 34.8 Å². The normalized spacial score (nSPS) is 18.8. The Bertz CT molecular complexity index is 1380. The van der Waals surface area contributed by atoms with Crippen molar-refractivity contribution in [2.75, 3.05) is 5.32 Å². The average Bonchev–Trinajstić information content (AvgIpc) is 3.26. The Kier molecular flexibility index (Phi) is 4.65. The van der Waals surface area contributed by atoms with Crippen LogP contribution in [0.1, 0.15) is 28.8 Å². The molecule has 8 heteroatoms. The Morgan fingerprint density at radius 3 is 2.50 bits per heavy atom. The largest absolute Gasteiger partial charge is 0.480 e. The molecule has 5 nitrogen and oxygen atoms in total. The lowest BCUT2D eigenvalue weighted by molar-refractivity contribution is 0.223. The molecule has 32 heavy (non-hydrogen) atoms. The predicted molar refractivity (Wildman–Crippen MR) is 126 cm³/mol. The number of nitrogens with zero attached hydrogens (tertiary/aromatic N) is 3. The highest BCUT2D eigenvalue weighted by Gasteiger charge is 2.41. The first-order chi connectivity index (χ1) is 15.6. The van der Waals surface area contributed by atoms with Crippen molar-refractivity contribution in [3.8, 4) is 5.75 Å². The van der Waals surface area contributed by atoms with Crippen LogP contribution in [0.25, 0.3) is 5.70 Å². The molecule has 6 rings (SSSR count). The third-order valence-corrected chi connectivity index (χ3v) is 6.57. The minimum absolute atomic E-state index is 0.272. The summed E-state index contributed by atoms with van der Waals surface area (Å²) in [6, 6.07) is 20.8. The first-order valence-corrected chi connectivity index (χ1v) is 11.1. The average molecular weight is 482 g/mol. The predicted octanol–water partition coefficient (Wildman–Crippen LogP) is 6.80. The smallest absolute Gasteiger partial charge is 0.226 e. The summed E-state index contributed by atoms with van der Waals surface area (Å²) >= 11 is 19.0. The first-order valence-electron chi connectivity index (χ1n) is 9.97. The Morgan fingerprint density at radius 1 is 0.906 bits per heavy atom. The second kappa shape index (κ2) is 7.55. The second-order valence-corrected chi connectivity index (χ2v) is 8.88. The fourth-order valence-electron chi connectivity index (χ4n) is 4.36. The number of fused-ring (bicyclic) bond motifs is 3. The maximum atomic E-state index is 6.66. The van der Waals surface area contributed by atoms with Crippen molar-refractivity contribution in [2.45, 2.75) is 12.1 Å². The van der Waals surface area contributed by atoms with E-state index in [-0.39, 0.29) is 6.04 Å². The fourth-order valence-corrected chi connectivity index (χ4v) is 4.99. The van der Waals surface area contributed by atoms with Crippen molar-refractivity contribution in [3.05, 3.63) is 110 Å². The number of halogens is 3. The minimum Gasteiger partial charge on any atom is -0.480 e. The monoisotopic (exact) mass is 480 g/mol. The topological polar surface area (TPSA) is 52.0 Å². The van der Waals surface area contributed by atoms with E-state index < -0.39 is 6.10 Å². The van der Waals surface area contributed by atoms with E-state index in [1.165, 1.54) is 0 Å². The number of rotatable bonds is 2. The lowest BCUT2D eigenvalue weighted by Gasteiger charge is -2.39. The summed E-state index contributed by atoms with van der Waals surface area (Å²) in [5.41, 5.74) is 4.70. The molecule has 0 saturated heterocycles. The molecule has 3 aromatic carbocycles. The third-order valence-electron chi connectivity index (χ3n) is 5.75. The number of hydrogen-bond donors (Lipinski definition) is 1. The van der Waals surface area contributed by atoms with Crippen LogP contribution in [0.15, 0.2) is 78.6 Å². The van der Waals surface area contributed by atoms with Gasteiger partial charge in [0.05, 0.1) is 5.70 Å². The highest BCUT2D eigenvalue weighted by molar-refractivity contribution is 6.35. The zero-order valence-corrected chi connectivity index (χ0v) is 18.7. The van der Waals surface area contributed by atoms with Crippen LogP contribution in [0.2, 0.25) is 15.1 Å². The third kappa shape index (κ3) is 3.08. The van der Waals surface area contributed by atoms with E-state index in [1.807, 2.05) is 65.3 Å². The quantitative estimate of drug-likeness (QED) is 0.342. The molecule has 2 atom stereocenters. The molecule has 1 aromatic heterocycles. The summed E-state index contributed by atoms with van der Waals surface area (Å²) in [5.74, 6) is 1.42. The molecule has 0 radical (unpaired) electrons. The summed E-state index contributed by atoms with van der Waals surface area (Å²) in [5, 5.41) is 9.75. The van der Waals surface area contributed by atoms with E-state index in [0.29, 0.717) is 21.0 Å². The van der Waals surface area contributed by atoms with Crippen LogP contribution in [0.4, 0.5) is 5.95 Å². The molecule has 0 unspecified atom stereocenters. The molecule has 0 aliphatic carbocycles. The van der Waals surface area contributed by atoms with Crippen molar-refractivity contribution in [3.63, 3.8) is 0 Å². The van der Waals surface area contributed by atoms with Gasteiger partial charge in [0.15, 0.2) is 6.10 Å². The van der Waals surface area contributed by atoms with Gasteiger partial charge in [-0.2, -0.15) is 10.1 Å². The van der Waals surface area contributed by atoms with Crippen molar-refractivity contribution in [2.24, 2.45) is 0 Å². The van der Waals surface area contributed by atoms with Gasteiger partial charge in [-0.05, 0) is 42.0 Å². The van der Waals surface area contributed by atoms with Gasteiger partial charge in [0, 0.05) is 31.8 Å². The summed E-state index contributed by atoms with van der Waals surface area (Å²) in [7, 11) is 0. The van der Waals surface area contributed by atoms with Crippen LogP contribution < -0.4 is 10.1 Å². The molecule has 0 bridgehead atoms. The van der Waals surface area contributed by atoms with Crippen molar-refractivity contribution < 1.29 is 4.74 Å². The fraction of sp³-hybridized carbons (Fsp3) is 0.0833. The van der Waals surface area contributed by atoms with Crippen LogP contribution in [0.5, 0.6) is 5.75 Å². The molecule has 0 fully saturated rings. The summed E-state index contributed by atoms with van der Waals surface area (Å²) < 4.78 is 8.42. The maximum absolute atomic E-state index is 6.66. The number of anilines is 1. The summed E-state index contributed by atoms with van der Waals surface area (Å²) in [6.07, 6.45) is 1.08. The Labute approximate surface area is 199 Å². The molecule has 2 aliphatic rings. The van der Waals surface area contributed by atoms with Crippen LogP contribution in [0, 0.1) is 0 Å². The van der Waals surface area contributed by atoms with Crippen LogP contribution in [-0.4, -0.2) is 14.8 Å². The Morgan fingerprint density at radius 2 is 1.69 bits per heavy atom. The molecule has 158 valence electrons. The van der Waals surface area contributed by atoms with Gasteiger partial charge in [0.2, 0.25) is 5.95 Å². The van der Waals surface area contributed by atoms with Gasteiger partial charge in [-0.1, -0.05) is 65.1 Å². The molecule has 4 aromatic rings. The van der Waals surface area contributed by atoms with Crippen molar-refractivity contribution in [1.82, 2.24) is 14.8 Å². The van der Waals surface area contributed by atoms with Crippen molar-refractivity contribution >= 4 is 46.4 Å². The zero-order chi connectivity index (χ0) is 21.8. The van der Waals surface area contributed by atoms with E-state index in [0.717, 1.165) is 33.7 Å². The summed E-state index contributed by atoms with van der Waals surface area (Å²) in [6.45, 7) is 0. The number of nitrogens with one attached hydrogen (secondary N) is 1.